The maximum absolute atomic E-state index is 11.8. The van der Waals surface area contributed by atoms with Crippen LogP contribution in [0.5, 0.6) is 5.75 Å². The minimum Gasteiger partial charge on any atom is -0.508 e. The molecule has 86 valence electrons. The number of phenols is 1. The Morgan fingerprint density at radius 3 is 2.47 bits per heavy atom. The van der Waals surface area contributed by atoms with Gasteiger partial charge >= 0.3 is 0 Å². The number of anilines is 1. The summed E-state index contributed by atoms with van der Waals surface area (Å²) in [5, 5.41) is 11.8. The predicted molar refractivity (Wildman–Crippen MR) is 68.0 cm³/mol. The van der Waals surface area contributed by atoms with E-state index in [1.165, 1.54) is 12.1 Å². The predicted octanol–water partition coefficient (Wildman–Crippen LogP) is 2.80. The highest BCUT2D eigenvalue weighted by molar-refractivity contribution is 9.10. The molecule has 0 spiro atoms. The van der Waals surface area contributed by atoms with Crippen LogP contribution in [0.4, 0.5) is 5.69 Å². The van der Waals surface area contributed by atoms with Crippen molar-refractivity contribution in [3.05, 3.63) is 52.8 Å². The molecule has 4 nitrogen and oxygen atoms in total. The molecule has 0 saturated carbocycles. The third kappa shape index (κ3) is 3.04. The zero-order chi connectivity index (χ0) is 12.3. The Balaban J connectivity index is 2.11. The Morgan fingerprint density at radius 1 is 1.18 bits per heavy atom. The number of phenolic OH excluding ortho intramolecular Hbond substituents is 1. The third-order valence-electron chi connectivity index (χ3n) is 2.11. The number of amides is 1. The fraction of sp³-hybridized carbons (Fsp3) is 0. The number of rotatable bonds is 2. The molecule has 2 aromatic rings. The van der Waals surface area contributed by atoms with Crippen LogP contribution in [0.2, 0.25) is 0 Å². The average Bonchev–Trinajstić information content (AvgIpc) is 2.33. The first-order chi connectivity index (χ1) is 8.15. The molecule has 1 aromatic carbocycles. The van der Waals surface area contributed by atoms with Crippen molar-refractivity contribution in [3.63, 3.8) is 0 Å². The number of nitrogens with one attached hydrogen (secondary N) is 1. The Kier molecular flexibility index (Phi) is 3.39. The first-order valence-corrected chi connectivity index (χ1v) is 5.66. The van der Waals surface area contributed by atoms with Crippen LogP contribution in [0, 0.1) is 0 Å². The van der Waals surface area contributed by atoms with Crippen molar-refractivity contribution >= 4 is 27.5 Å². The SMILES string of the molecule is O=C(Nc1ccc(Br)nc1)c1ccc(O)cc1. The Morgan fingerprint density at radius 2 is 1.88 bits per heavy atom. The summed E-state index contributed by atoms with van der Waals surface area (Å²) in [5.41, 5.74) is 1.09. The molecule has 0 saturated heterocycles. The molecule has 2 rings (SSSR count). The van der Waals surface area contributed by atoms with Gasteiger partial charge in [-0.25, -0.2) is 4.98 Å². The molecule has 0 fully saturated rings. The van der Waals surface area contributed by atoms with Crippen LogP contribution in [-0.4, -0.2) is 16.0 Å². The summed E-state index contributed by atoms with van der Waals surface area (Å²) >= 11 is 3.21. The van der Waals surface area contributed by atoms with Gasteiger partial charge in [-0.3, -0.25) is 4.79 Å². The number of pyridine rings is 1. The van der Waals surface area contributed by atoms with Crippen LogP contribution in [-0.2, 0) is 0 Å². The number of hydrogen-bond donors (Lipinski definition) is 2. The van der Waals surface area contributed by atoms with E-state index < -0.39 is 0 Å². The second-order valence-electron chi connectivity index (χ2n) is 3.37. The third-order valence-corrected chi connectivity index (χ3v) is 2.58. The van der Waals surface area contributed by atoms with E-state index >= 15 is 0 Å². The van der Waals surface area contributed by atoms with Crippen molar-refractivity contribution in [2.24, 2.45) is 0 Å². The van der Waals surface area contributed by atoms with Gasteiger partial charge < -0.3 is 10.4 Å². The molecule has 1 aromatic heterocycles. The summed E-state index contributed by atoms with van der Waals surface area (Å²) < 4.78 is 0.708. The summed E-state index contributed by atoms with van der Waals surface area (Å²) in [6, 6.07) is 9.53. The van der Waals surface area contributed by atoms with Crippen molar-refractivity contribution < 1.29 is 9.90 Å². The van der Waals surface area contributed by atoms with Gasteiger partial charge in [0.1, 0.15) is 10.4 Å². The largest absolute Gasteiger partial charge is 0.508 e. The van der Waals surface area contributed by atoms with E-state index in [2.05, 4.69) is 26.2 Å². The lowest BCUT2D eigenvalue weighted by Gasteiger charge is -2.04. The normalized spacial score (nSPS) is 9.94. The van der Waals surface area contributed by atoms with Crippen molar-refractivity contribution in [3.8, 4) is 5.75 Å². The molecule has 0 aliphatic rings. The highest BCUT2D eigenvalue weighted by Gasteiger charge is 2.05. The maximum atomic E-state index is 11.8. The van der Waals surface area contributed by atoms with Gasteiger partial charge in [-0.05, 0) is 52.3 Å². The number of aromatic hydroxyl groups is 1. The topological polar surface area (TPSA) is 62.2 Å². The lowest BCUT2D eigenvalue weighted by molar-refractivity contribution is 0.102. The summed E-state index contributed by atoms with van der Waals surface area (Å²) in [6.45, 7) is 0. The zero-order valence-corrected chi connectivity index (χ0v) is 10.3. The molecule has 1 amide bonds. The van der Waals surface area contributed by atoms with Gasteiger partial charge in [0.2, 0.25) is 0 Å². The molecule has 2 N–H and O–H groups in total. The molecular formula is C12H9BrN2O2. The maximum Gasteiger partial charge on any atom is 0.255 e. The summed E-state index contributed by atoms with van der Waals surface area (Å²) in [4.78, 5) is 15.8. The molecular weight excluding hydrogens is 284 g/mol. The number of aromatic nitrogens is 1. The van der Waals surface area contributed by atoms with E-state index in [9.17, 15) is 4.79 Å². The standard InChI is InChI=1S/C12H9BrN2O2/c13-11-6-3-9(7-14-11)15-12(17)8-1-4-10(16)5-2-8/h1-7,16H,(H,15,17). The van der Waals surface area contributed by atoms with Crippen LogP contribution in [0.15, 0.2) is 47.2 Å². The molecule has 0 bridgehead atoms. The van der Waals surface area contributed by atoms with Crippen LogP contribution < -0.4 is 5.32 Å². The number of halogens is 1. The monoisotopic (exact) mass is 292 g/mol. The zero-order valence-electron chi connectivity index (χ0n) is 8.72. The molecule has 1 heterocycles. The van der Waals surface area contributed by atoms with Gasteiger partial charge in [0.15, 0.2) is 0 Å². The lowest BCUT2D eigenvalue weighted by Crippen LogP contribution is -2.11. The van der Waals surface area contributed by atoms with Crippen LogP contribution >= 0.6 is 15.9 Å². The molecule has 17 heavy (non-hydrogen) atoms. The van der Waals surface area contributed by atoms with Crippen molar-refractivity contribution in [1.82, 2.24) is 4.98 Å². The first-order valence-electron chi connectivity index (χ1n) is 4.87. The molecule has 0 aliphatic heterocycles. The lowest BCUT2D eigenvalue weighted by atomic mass is 10.2. The highest BCUT2D eigenvalue weighted by atomic mass is 79.9. The smallest absolute Gasteiger partial charge is 0.255 e. The van der Waals surface area contributed by atoms with E-state index in [-0.39, 0.29) is 11.7 Å². The first kappa shape index (κ1) is 11.6. The second kappa shape index (κ2) is 4.97. The van der Waals surface area contributed by atoms with Gasteiger partial charge in [-0.2, -0.15) is 0 Å². The molecule has 0 radical (unpaired) electrons. The van der Waals surface area contributed by atoms with Gasteiger partial charge in [-0.1, -0.05) is 0 Å². The molecule has 5 heteroatoms. The van der Waals surface area contributed by atoms with E-state index in [1.54, 1.807) is 30.5 Å². The van der Waals surface area contributed by atoms with Crippen LogP contribution in [0.25, 0.3) is 0 Å². The van der Waals surface area contributed by atoms with E-state index in [0.717, 1.165) is 0 Å². The molecule has 0 unspecified atom stereocenters. The minimum absolute atomic E-state index is 0.131. The van der Waals surface area contributed by atoms with Crippen LogP contribution in [0.1, 0.15) is 10.4 Å². The van der Waals surface area contributed by atoms with Crippen molar-refractivity contribution in [2.75, 3.05) is 5.32 Å². The minimum atomic E-state index is -0.242. The molecule has 0 aliphatic carbocycles. The fourth-order valence-electron chi connectivity index (χ4n) is 1.27. The van der Waals surface area contributed by atoms with E-state index in [4.69, 9.17) is 5.11 Å². The number of carbonyl (C=O) groups is 1. The second-order valence-corrected chi connectivity index (χ2v) is 4.18. The summed E-state index contributed by atoms with van der Waals surface area (Å²) in [6.07, 6.45) is 1.56. The number of carbonyl (C=O) groups excluding carboxylic acids is 1. The van der Waals surface area contributed by atoms with Gasteiger partial charge in [-0.15, -0.1) is 0 Å². The van der Waals surface area contributed by atoms with Gasteiger partial charge in [0.05, 0.1) is 11.9 Å². The van der Waals surface area contributed by atoms with Gasteiger partial charge in [0, 0.05) is 5.56 Å². The number of hydrogen-bond acceptors (Lipinski definition) is 3. The number of benzene rings is 1. The Hall–Kier alpha value is -1.88. The van der Waals surface area contributed by atoms with Crippen molar-refractivity contribution in [2.45, 2.75) is 0 Å². The Labute approximate surface area is 106 Å². The highest BCUT2D eigenvalue weighted by Crippen LogP contribution is 2.13. The van der Waals surface area contributed by atoms with E-state index in [1.807, 2.05) is 0 Å². The fourth-order valence-corrected chi connectivity index (χ4v) is 1.50. The quantitative estimate of drug-likeness (QED) is 0.837. The Bertz CT molecular complexity index is 523. The van der Waals surface area contributed by atoms with Crippen molar-refractivity contribution in [1.29, 1.82) is 0 Å². The number of nitrogens with zero attached hydrogens (tertiary/aromatic N) is 1. The molecule has 0 atom stereocenters. The van der Waals surface area contributed by atoms with E-state index in [0.29, 0.717) is 15.9 Å². The average molecular weight is 293 g/mol. The van der Waals surface area contributed by atoms with Crippen LogP contribution in [0.3, 0.4) is 0 Å². The van der Waals surface area contributed by atoms with Gasteiger partial charge in [0.25, 0.3) is 5.91 Å². The summed E-state index contributed by atoms with van der Waals surface area (Å²) in [5.74, 6) is -0.110. The summed E-state index contributed by atoms with van der Waals surface area (Å²) in [7, 11) is 0.